The maximum absolute atomic E-state index is 12.1. The van der Waals surface area contributed by atoms with Crippen LogP contribution < -0.4 is 16.2 Å². The second-order valence-corrected chi connectivity index (χ2v) is 7.41. The first-order valence-corrected chi connectivity index (χ1v) is 10.6. The summed E-state index contributed by atoms with van der Waals surface area (Å²) in [4.78, 5) is 12.1. The molecule has 6 nitrogen and oxygen atoms in total. The number of aryl methyl sites for hydroxylation is 1. The molecule has 0 saturated heterocycles. The van der Waals surface area contributed by atoms with E-state index in [-0.39, 0.29) is 11.4 Å². The van der Waals surface area contributed by atoms with E-state index in [4.69, 9.17) is 16.2 Å². The number of rotatable bonds is 11. The van der Waals surface area contributed by atoms with Crippen LogP contribution in [0, 0.1) is 0 Å². The van der Waals surface area contributed by atoms with Gasteiger partial charge in [0.1, 0.15) is 17.1 Å². The zero-order valence-electron chi connectivity index (χ0n) is 17.5. The third kappa shape index (κ3) is 5.41. The summed E-state index contributed by atoms with van der Waals surface area (Å²) in [5.74, 6) is 0.994. The van der Waals surface area contributed by atoms with E-state index in [0.29, 0.717) is 18.0 Å². The number of anilines is 1. The molecule has 1 aromatic heterocycles. The number of carbonyl (C=O) groups excluding carboxylic acids is 1. The number of nitrogens with zero attached hydrogens (tertiary/aromatic N) is 2. The Labute approximate surface area is 177 Å². The van der Waals surface area contributed by atoms with Crippen molar-refractivity contribution >= 4 is 11.7 Å². The maximum Gasteiger partial charge on any atom is 0.254 e. The predicted molar refractivity (Wildman–Crippen MR) is 120 cm³/mol. The summed E-state index contributed by atoms with van der Waals surface area (Å²) in [6.45, 7) is 2.89. The number of aromatic nitrogens is 2. The minimum absolute atomic E-state index is 0.165. The maximum atomic E-state index is 12.1. The molecule has 2 aromatic carbocycles. The van der Waals surface area contributed by atoms with Crippen molar-refractivity contribution in [3.8, 4) is 22.8 Å². The largest absolute Gasteiger partial charge is 0.457 e. The quantitative estimate of drug-likeness (QED) is 0.418. The Morgan fingerprint density at radius 2 is 1.67 bits per heavy atom. The van der Waals surface area contributed by atoms with Crippen LogP contribution >= 0.6 is 0 Å². The molecule has 1 amide bonds. The number of hydrogen-bond donors (Lipinski definition) is 2. The molecule has 0 aliphatic rings. The topological polar surface area (TPSA) is 96.2 Å². The molecule has 0 atom stereocenters. The van der Waals surface area contributed by atoms with Gasteiger partial charge in [-0.15, -0.1) is 0 Å². The first kappa shape index (κ1) is 21.4. The number of nitrogen functional groups attached to an aromatic ring is 1. The van der Waals surface area contributed by atoms with Gasteiger partial charge in [0.2, 0.25) is 0 Å². The van der Waals surface area contributed by atoms with E-state index >= 15 is 0 Å². The first-order valence-electron chi connectivity index (χ1n) is 10.6. The highest BCUT2D eigenvalue weighted by Gasteiger charge is 2.22. The van der Waals surface area contributed by atoms with Gasteiger partial charge in [-0.1, -0.05) is 69.4 Å². The summed E-state index contributed by atoms with van der Waals surface area (Å²) in [6.07, 6.45) is 7.01. The average Bonchev–Trinajstić information content (AvgIpc) is 3.08. The second kappa shape index (κ2) is 10.5. The van der Waals surface area contributed by atoms with Gasteiger partial charge in [0.05, 0.1) is 5.69 Å². The van der Waals surface area contributed by atoms with Crippen molar-refractivity contribution in [3.05, 3.63) is 60.2 Å². The minimum atomic E-state index is -0.578. The standard InChI is InChI=1S/C24H30N4O2/c1-2-3-4-5-6-10-16-28-22(21(24(26)29)23(25)27-28)18-12-11-15-20(17-18)30-19-13-8-7-9-14-19/h7-9,11-15,17H,2-6,10,16H2,1H3,(H2,25,27)(H2,26,29). The van der Waals surface area contributed by atoms with E-state index < -0.39 is 5.91 Å². The Bertz CT molecular complexity index is 967. The van der Waals surface area contributed by atoms with Crippen LogP contribution in [0.3, 0.4) is 0 Å². The Hall–Kier alpha value is -3.28. The number of primary amides is 1. The molecule has 30 heavy (non-hydrogen) atoms. The number of para-hydroxylation sites is 1. The third-order valence-corrected chi connectivity index (χ3v) is 5.04. The van der Waals surface area contributed by atoms with Gasteiger partial charge in [0.15, 0.2) is 5.82 Å². The lowest BCUT2D eigenvalue weighted by Crippen LogP contribution is -2.14. The zero-order chi connectivity index (χ0) is 21.3. The number of unbranched alkanes of at least 4 members (excludes halogenated alkanes) is 5. The Morgan fingerprint density at radius 1 is 0.967 bits per heavy atom. The molecule has 6 heteroatoms. The molecule has 1 heterocycles. The smallest absolute Gasteiger partial charge is 0.254 e. The van der Waals surface area contributed by atoms with Crippen LogP contribution in [0.1, 0.15) is 55.8 Å². The van der Waals surface area contributed by atoms with Crippen LogP contribution in [0.5, 0.6) is 11.5 Å². The van der Waals surface area contributed by atoms with E-state index in [9.17, 15) is 4.79 Å². The molecule has 0 aliphatic heterocycles. The molecular formula is C24H30N4O2. The van der Waals surface area contributed by atoms with Crippen LogP contribution in [0.15, 0.2) is 54.6 Å². The van der Waals surface area contributed by atoms with E-state index in [1.807, 2.05) is 54.6 Å². The summed E-state index contributed by atoms with van der Waals surface area (Å²) in [6, 6.07) is 17.1. The van der Waals surface area contributed by atoms with E-state index in [1.165, 1.54) is 25.7 Å². The van der Waals surface area contributed by atoms with Crippen LogP contribution in [0.4, 0.5) is 5.82 Å². The highest BCUT2D eigenvalue weighted by Crippen LogP contribution is 2.32. The van der Waals surface area contributed by atoms with E-state index in [2.05, 4.69) is 12.0 Å². The second-order valence-electron chi connectivity index (χ2n) is 7.41. The Balaban J connectivity index is 1.84. The minimum Gasteiger partial charge on any atom is -0.457 e. The molecule has 0 fully saturated rings. The lowest BCUT2D eigenvalue weighted by Gasteiger charge is -2.11. The molecule has 0 spiro atoms. The van der Waals surface area contributed by atoms with E-state index in [0.717, 1.165) is 24.2 Å². The van der Waals surface area contributed by atoms with Gasteiger partial charge in [-0.3, -0.25) is 9.48 Å². The number of carbonyl (C=O) groups is 1. The number of amides is 1. The monoisotopic (exact) mass is 406 g/mol. The van der Waals surface area contributed by atoms with Gasteiger partial charge in [-0.2, -0.15) is 5.10 Å². The molecule has 0 saturated carbocycles. The molecule has 0 aliphatic carbocycles. The molecule has 0 bridgehead atoms. The fraction of sp³-hybridized carbons (Fsp3) is 0.333. The number of nitrogens with two attached hydrogens (primary N) is 2. The Morgan fingerprint density at radius 3 is 2.40 bits per heavy atom. The first-order chi connectivity index (χ1) is 14.6. The predicted octanol–water partition coefficient (Wildman–Crippen LogP) is 5.38. The van der Waals surface area contributed by atoms with Crippen molar-refractivity contribution in [1.29, 1.82) is 0 Å². The number of ether oxygens (including phenoxy) is 1. The van der Waals surface area contributed by atoms with Gasteiger partial charge < -0.3 is 16.2 Å². The molecule has 3 rings (SSSR count). The van der Waals surface area contributed by atoms with Crippen molar-refractivity contribution < 1.29 is 9.53 Å². The fourth-order valence-corrected chi connectivity index (χ4v) is 3.55. The lowest BCUT2D eigenvalue weighted by atomic mass is 10.1. The van der Waals surface area contributed by atoms with Gasteiger partial charge >= 0.3 is 0 Å². The van der Waals surface area contributed by atoms with Gasteiger partial charge in [0, 0.05) is 12.1 Å². The molecule has 0 unspecified atom stereocenters. The van der Waals surface area contributed by atoms with Gasteiger partial charge in [0.25, 0.3) is 5.91 Å². The molecule has 158 valence electrons. The summed E-state index contributed by atoms with van der Waals surface area (Å²) < 4.78 is 7.75. The number of hydrogen-bond acceptors (Lipinski definition) is 4. The summed E-state index contributed by atoms with van der Waals surface area (Å²) >= 11 is 0. The lowest BCUT2D eigenvalue weighted by molar-refractivity contribution is 0.100. The average molecular weight is 407 g/mol. The fourth-order valence-electron chi connectivity index (χ4n) is 3.55. The normalized spacial score (nSPS) is 10.8. The molecule has 4 N–H and O–H groups in total. The third-order valence-electron chi connectivity index (χ3n) is 5.04. The van der Waals surface area contributed by atoms with Crippen LogP contribution in [-0.2, 0) is 6.54 Å². The van der Waals surface area contributed by atoms with Crippen LogP contribution in [0.25, 0.3) is 11.3 Å². The molecular weight excluding hydrogens is 376 g/mol. The van der Waals surface area contributed by atoms with Crippen molar-refractivity contribution in [3.63, 3.8) is 0 Å². The van der Waals surface area contributed by atoms with Crippen molar-refractivity contribution in [2.24, 2.45) is 5.73 Å². The van der Waals surface area contributed by atoms with Crippen molar-refractivity contribution in [1.82, 2.24) is 9.78 Å². The highest BCUT2D eigenvalue weighted by molar-refractivity contribution is 6.03. The van der Waals surface area contributed by atoms with Gasteiger partial charge in [-0.05, 0) is 30.7 Å². The molecule has 3 aromatic rings. The SMILES string of the molecule is CCCCCCCCn1nc(N)c(C(N)=O)c1-c1cccc(Oc2ccccc2)c1. The van der Waals surface area contributed by atoms with Gasteiger partial charge in [-0.25, -0.2) is 0 Å². The summed E-state index contributed by atoms with van der Waals surface area (Å²) in [5.41, 5.74) is 13.4. The highest BCUT2D eigenvalue weighted by atomic mass is 16.5. The zero-order valence-corrected chi connectivity index (χ0v) is 17.5. The van der Waals surface area contributed by atoms with Crippen LogP contribution in [-0.4, -0.2) is 15.7 Å². The van der Waals surface area contributed by atoms with Crippen molar-refractivity contribution in [2.45, 2.75) is 52.0 Å². The Kier molecular flexibility index (Phi) is 7.49. The summed E-state index contributed by atoms with van der Waals surface area (Å²) in [7, 11) is 0. The van der Waals surface area contributed by atoms with Crippen LogP contribution in [0.2, 0.25) is 0 Å². The molecule has 0 radical (unpaired) electrons. The summed E-state index contributed by atoms with van der Waals surface area (Å²) in [5, 5.41) is 4.41. The number of benzene rings is 2. The van der Waals surface area contributed by atoms with Crippen molar-refractivity contribution in [2.75, 3.05) is 5.73 Å². The van der Waals surface area contributed by atoms with E-state index in [1.54, 1.807) is 4.68 Å².